The van der Waals surface area contributed by atoms with Gasteiger partial charge in [0.15, 0.2) is 0 Å². The Kier molecular flexibility index (Phi) is 28.5. The fraction of sp³-hybridized carbons (Fsp3) is 0.906. The first-order valence-electron chi connectivity index (χ1n) is 16.6. The number of nitrogens with one attached hydrogen (secondary N) is 1. The zero-order chi connectivity index (χ0) is 30.4. The second-order valence-corrected chi connectivity index (χ2v) is 11.0. The Hall–Kier alpha value is -1.71. The van der Waals surface area contributed by atoms with Crippen LogP contribution in [0.2, 0.25) is 0 Å². The van der Waals surface area contributed by atoms with Crippen LogP contribution in [0.4, 0.5) is 0 Å². The van der Waals surface area contributed by atoms with Crippen LogP contribution in [0.15, 0.2) is 0 Å². The normalized spacial score (nSPS) is 11.8. The van der Waals surface area contributed by atoms with Gasteiger partial charge in [0.25, 0.3) is 0 Å². The Labute approximate surface area is 250 Å². The van der Waals surface area contributed by atoms with E-state index in [1.54, 1.807) is 4.90 Å². The fourth-order valence-corrected chi connectivity index (χ4v) is 4.73. The molecule has 0 bridgehead atoms. The highest BCUT2D eigenvalue weighted by Gasteiger charge is 2.24. The second-order valence-electron chi connectivity index (χ2n) is 11.0. The third kappa shape index (κ3) is 24.6. The number of nitrogens with zero attached hydrogens (tertiary/aromatic N) is 1. The molecule has 9 nitrogen and oxygen atoms in total. The monoisotopic (exact) mass is 585 g/mol. The Bertz CT molecular complexity index is 599. The number of carbonyl (C=O) groups is 3. The lowest BCUT2D eigenvalue weighted by Gasteiger charge is -2.28. The molecule has 0 rings (SSSR count). The van der Waals surface area contributed by atoms with E-state index >= 15 is 0 Å². The Morgan fingerprint density at radius 2 is 1.17 bits per heavy atom. The molecule has 4 N–H and O–H groups in total. The van der Waals surface area contributed by atoms with Gasteiger partial charge in [-0.05, 0) is 32.2 Å². The van der Waals surface area contributed by atoms with E-state index in [0.717, 1.165) is 51.4 Å². The van der Waals surface area contributed by atoms with Crippen molar-refractivity contribution < 1.29 is 29.0 Å². The number of unbranched alkanes of at least 4 members (excludes halogenated alkanes) is 13. The van der Waals surface area contributed by atoms with E-state index < -0.39 is 6.04 Å². The molecule has 0 aliphatic heterocycles. The minimum absolute atomic E-state index is 0.0763. The molecule has 1 amide bonds. The van der Waals surface area contributed by atoms with Gasteiger partial charge in [-0.2, -0.15) is 0 Å². The summed E-state index contributed by atoms with van der Waals surface area (Å²) < 4.78 is 10.9. The van der Waals surface area contributed by atoms with Crippen LogP contribution in [0, 0.1) is 0 Å². The topological polar surface area (TPSA) is 131 Å². The van der Waals surface area contributed by atoms with Crippen molar-refractivity contribution in [2.45, 2.75) is 142 Å². The molecule has 0 aromatic rings. The fourth-order valence-electron chi connectivity index (χ4n) is 4.73. The zero-order valence-corrected chi connectivity index (χ0v) is 26.5. The highest BCUT2D eigenvalue weighted by Crippen LogP contribution is 2.11. The summed E-state index contributed by atoms with van der Waals surface area (Å²) in [4.78, 5) is 39.5. The first-order chi connectivity index (χ1) is 20.0. The summed E-state index contributed by atoms with van der Waals surface area (Å²) >= 11 is 0. The maximum absolute atomic E-state index is 13.4. The van der Waals surface area contributed by atoms with Gasteiger partial charge in [-0.3, -0.25) is 14.4 Å². The summed E-state index contributed by atoms with van der Waals surface area (Å²) in [6.45, 7) is 5.82. The number of hydrogen-bond donors (Lipinski definition) is 3. The van der Waals surface area contributed by atoms with Crippen molar-refractivity contribution in [1.82, 2.24) is 10.2 Å². The Balaban J connectivity index is 4.70. The Morgan fingerprint density at radius 1 is 0.707 bits per heavy atom. The van der Waals surface area contributed by atoms with Crippen LogP contribution in [0.3, 0.4) is 0 Å². The molecular formula is C32H63N3O6. The van der Waals surface area contributed by atoms with Gasteiger partial charge in [-0.25, -0.2) is 0 Å². The molecule has 0 fully saturated rings. The second kappa shape index (κ2) is 29.8. The van der Waals surface area contributed by atoms with Crippen LogP contribution in [-0.2, 0) is 23.9 Å². The molecule has 0 aliphatic rings. The number of nitrogens with two attached hydrogens (primary N) is 1. The van der Waals surface area contributed by atoms with Gasteiger partial charge in [0.05, 0.1) is 25.7 Å². The lowest BCUT2D eigenvalue weighted by molar-refractivity contribution is -0.148. The standard InChI is InChI=1S/C32H63N3O6/c1-3-5-7-9-11-13-15-20-30(37)40-27-24-35(32(39)29(34-23-26-36)19-17-18-22-33)25-28-41-31(38)21-16-14-12-10-8-6-4-2/h29,34,36H,3-28,33H2,1-2H3. The van der Waals surface area contributed by atoms with Crippen LogP contribution in [0.25, 0.3) is 0 Å². The molecule has 0 saturated heterocycles. The number of carbonyl (C=O) groups excluding carboxylic acids is 3. The molecule has 0 aromatic heterocycles. The molecule has 1 atom stereocenters. The minimum atomic E-state index is -0.486. The van der Waals surface area contributed by atoms with E-state index in [9.17, 15) is 19.5 Å². The van der Waals surface area contributed by atoms with E-state index in [-0.39, 0.29) is 50.8 Å². The van der Waals surface area contributed by atoms with Crippen LogP contribution in [0.5, 0.6) is 0 Å². The summed E-state index contributed by atoms with van der Waals surface area (Å²) in [6, 6.07) is -0.486. The predicted octanol–water partition coefficient (Wildman–Crippen LogP) is 5.26. The lowest BCUT2D eigenvalue weighted by Crippen LogP contribution is -2.49. The number of ether oxygens (including phenoxy) is 2. The lowest BCUT2D eigenvalue weighted by atomic mass is 10.1. The van der Waals surface area contributed by atoms with Crippen molar-refractivity contribution in [3.8, 4) is 0 Å². The molecular weight excluding hydrogens is 522 g/mol. The molecule has 0 saturated carbocycles. The van der Waals surface area contributed by atoms with Gasteiger partial charge >= 0.3 is 11.9 Å². The molecule has 1 unspecified atom stereocenters. The number of rotatable bonds is 30. The first-order valence-corrected chi connectivity index (χ1v) is 16.6. The van der Waals surface area contributed by atoms with Crippen LogP contribution < -0.4 is 11.1 Å². The van der Waals surface area contributed by atoms with E-state index in [4.69, 9.17) is 15.2 Å². The predicted molar refractivity (Wildman–Crippen MR) is 165 cm³/mol. The molecule has 0 radical (unpaired) electrons. The number of aliphatic hydroxyl groups excluding tert-OH is 1. The molecule has 0 aromatic carbocycles. The van der Waals surface area contributed by atoms with E-state index in [1.165, 1.54) is 51.4 Å². The zero-order valence-electron chi connectivity index (χ0n) is 26.5. The average Bonchev–Trinajstić information content (AvgIpc) is 2.96. The van der Waals surface area contributed by atoms with Gasteiger partial charge in [0.1, 0.15) is 13.2 Å². The van der Waals surface area contributed by atoms with E-state index in [0.29, 0.717) is 32.4 Å². The highest BCUT2D eigenvalue weighted by atomic mass is 16.5. The number of hydrogen-bond acceptors (Lipinski definition) is 8. The molecule has 0 heterocycles. The average molecular weight is 586 g/mol. The number of aliphatic hydroxyl groups is 1. The van der Waals surface area contributed by atoms with Crippen molar-refractivity contribution in [3.05, 3.63) is 0 Å². The van der Waals surface area contributed by atoms with Crippen molar-refractivity contribution in [2.24, 2.45) is 5.73 Å². The van der Waals surface area contributed by atoms with E-state index in [2.05, 4.69) is 19.2 Å². The number of amides is 1. The van der Waals surface area contributed by atoms with Gasteiger partial charge < -0.3 is 30.5 Å². The highest BCUT2D eigenvalue weighted by molar-refractivity contribution is 5.82. The maximum Gasteiger partial charge on any atom is 0.305 e. The maximum atomic E-state index is 13.4. The Morgan fingerprint density at radius 3 is 1.61 bits per heavy atom. The quantitative estimate of drug-likeness (QED) is 0.0768. The molecule has 0 spiro atoms. The number of esters is 2. The van der Waals surface area contributed by atoms with Crippen molar-refractivity contribution in [2.75, 3.05) is 46.0 Å². The SMILES string of the molecule is CCCCCCCCCC(=O)OCCN(CCOC(=O)CCCCCCCCC)C(=O)C(CCCCN)NCCO. The van der Waals surface area contributed by atoms with E-state index in [1.807, 2.05) is 0 Å². The van der Waals surface area contributed by atoms with Crippen LogP contribution in [-0.4, -0.2) is 79.9 Å². The molecule has 41 heavy (non-hydrogen) atoms. The van der Waals surface area contributed by atoms with Gasteiger partial charge in [0.2, 0.25) is 5.91 Å². The minimum Gasteiger partial charge on any atom is -0.464 e. The largest absolute Gasteiger partial charge is 0.464 e. The molecule has 0 aliphatic carbocycles. The third-order valence-corrected chi connectivity index (χ3v) is 7.28. The van der Waals surface area contributed by atoms with Crippen molar-refractivity contribution in [1.29, 1.82) is 0 Å². The summed E-state index contributed by atoms with van der Waals surface area (Å²) in [5.74, 6) is -0.642. The summed E-state index contributed by atoms with van der Waals surface area (Å²) in [5, 5.41) is 12.4. The summed E-state index contributed by atoms with van der Waals surface area (Å²) in [5.41, 5.74) is 5.63. The van der Waals surface area contributed by atoms with Gasteiger partial charge in [0, 0.05) is 19.4 Å². The van der Waals surface area contributed by atoms with Crippen LogP contribution in [0.1, 0.15) is 136 Å². The third-order valence-electron chi connectivity index (χ3n) is 7.28. The van der Waals surface area contributed by atoms with Crippen molar-refractivity contribution in [3.63, 3.8) is 0 Å². The van der Waals surface area contributed by atoms with Gasteiger partial charge in [-0.1, -0.05) is 97.3 Å². The van der Waals surface area contributed by atoms with Gasteiger partial charge in [-0.15, -0.1) is 0 Å². The van der Waals surface area contributed by atoms with Crippen LogP contribution >= 0.6 is 0 Å². The smallest absolute Gasteiger partial charge is 0.305 e. The molecule has 242 valence electrons. The summed E-state index contributed by atoms with van der Waals surface area (Å²) in [7, 11) is 0. The molecule has 9 heteroatoms. The first kappa shape index (κ1) is 39.3. The van der Waals surface area contributed by atoms with Crippen molar-refractivity contribution >= 4 is 17.8 Å². The summed E-state index contributed by atoms with van der Waals surface area (Å²) in [6.07, 6.45) is 18.8.